The molecule has 0 radical (unpaired) electrons. The molecular weight excluding hydrogens is 330 g/mol. The highest BCUT2D eigenvalue weighted by Gasteiger charge is 2.06. The molecule has 3 N–H and O–H groups in total. The fourth-order valence-corrected chi connectivity index (χ4v) is 2.60. The monoisotopic (exact) mass is 359 g/mol. The van der Waals surface area contributed by atoms with E-state index in [9.17, 15) is 0 Å². The van der Waals surface area contributed by atoms with Gasteiger partial charge in [-0.1, -0.05) is 0 Å². The molecule has 0 unspecified atom stereocenters. The third kappa shape index (κ3) is 5.68. The van der Waals surface area contributed by atoms with Gasteiger partial charge in [-0.3, -0.25) is 5.10 Å². The summed E-state index contributed by atoms with van der Waals surface area (Å²) in [5.41, 5.74) is 3.41. The van der Waals surface area contributed by atoms with Gasteiger partial charge in [-0.25, -0.2) is 4.99 Å². The van der Waals surface area contributed by atoms with Gasteiger partial charge in [0.05, 0.1) is 27.0 Å². The first-order valence-corrected chi connectivity index (χ1v) is 8.89. The molecular formula is C19H29N5O2. The largest absolute Gasteiger partial charge is 0.497 e. The number of nitrogens with zero attached hydrogens (tertiary/aromatic N) is 2. The van der Waals surface area contributed by atoms with Crippen molar-refractivity contribution in [3.05, 3.63) is 41.2 Å². The summed E-state index contributed by atoms with van der Waals surface area (Å²) in [4.78, 5) is 4.66. The van der Waals surface area contributed by atoms with Crippen LogP contribution in [0.25, 0.3) is 0 Å². The number of hydrogen-bond acceptors (Lipinski definition) is 4. The van der Waals surface area contributed by atoms with Crippen molar-refractivity contribution in [2.24, 2.45) is 4.99 Å². The zero-order valence-corrected chi connectivity index (χ0v) is 16.1. The van der Waals surface area contributed by atoms with Crippen molar-refractivity contribution >= 4 is 5.96 Å². The van der Waals surface area contributed by atoms with E-state index < -0.39 is 0 Å². The average Bonchev–Trinajstić information content (AvgIpc) is 3.07. The fraction of sp³-hybridized carbons (Fsp3) is 0.474. The lowest BCUT2D eigenvalue weighted by Crippen LogP contribution is -2.37. The molecule has 2 rings (SSSR count). The molecule has 0 aliphatic rings. The van der Waals surface area contributed by atoms with Gasteiger partial charge >= 0.3 is 0 Å². The van der Waals surface area contributed by atoms with Crippen LogP contribution in [0.1, 0.15) is 30.2 Å². The van der Waals surface area contributed by atoms with E-state index in [-0.39, 0.29) is 0 Å². The number of benzene rings is 1. The number of hydrogen-bond donors (Lipinski definition) is 3. The minimum atomic E-state index is 0.531. The van der Waals surface area contributed by atoms with Crippen LogP contribution in [-0.4, -0.2) is 43.5 Å². The highest BCUT2D eigenvalue weighted by Crippen LogP contribution is 2.25. The first-order valence-electron chi connectivity index (χ1n) is 8.89. The van der Waals surface area contributed by atoms with Crippen LogP contribution in [0.15, 0.2) is 29.4 Å². The molecule has 7 heteroatoms. The van der Waals surface area contributed by atoms with Crippen LogP contribution in [0, 0.1) is 6.92 Å². The molecule has 0 amide bonds. The number of aryl methyl sites for hydroxylation is 2. The molecule has 1 aromatic heterocycles. The number of guanidine groups is 1. The molecule has 2 aromatic rings. The van der Waals surface area contributed by atoms with Crippen LogP contribution in [0.5, 0.6) is 11.5 Å². The Kier molecular flexibility index (Phi) is 7.79. The fourth-order valence-electron chi connectivity index (χ4n) is 2.60. The molecule has 1 aromatic carbocycles. The summed E-state index contributed by atoms with van der Waals surface area (Å²) in [7, 11) is 3.30. The summed E-state index contributed by atoms with van der Waals surface area (Å²) in [6.07, 6.45) is 3.89. The Hall–Kier alpha value is -2.70. The van der Waals surface area contributed by atoms with Crippen molar-refractivity contribution in [2.75, 3.05) is 27.3 Å². The van der Waals surface area contributed by atoms with Crippen molar-refractivity contribution in [1.29, 1.82) is 0 Å². The van der Waals surface area contributed by atoms with Crippen LogP contribution >= 0.6 is 0 Å². The molecule has 0 spiro atoms. The lowest BCUT2D eigenvalue weighted by Gasteiger charge is -2.12. The molecule has 0 fully saturated rings. The summed E-state index contributed by atoms with van der Waals surface area (Å²) >= 11 is 0. The number of rotatable bonds is 9. The van der Waals surface area contributed by atoms with E-state index in [1.54, 1.807) is 14.2 Å². The van der Waals surface area contributed by atoms with Crippen LogP contribution in [-0.2, 0) is 13.0 Å². The highest BCUT2D eigenvalue weighted by atomic mass is 16.5. The Morgan fingerprint density at radius 1 is 1.19 bits per heavy atom. The first kappa shape index (κ1) is 19.6. The second-order valence-electron chi connectivity index (χ2n) is 5.92. The maximum absolute atomic E-state index is 5.43. The van der Waals surface area contributed by atoms with Crippen molar-refractivity contribution in [1.82, 2.24) is 20.8 Å². The topological polar surface area (TPSA) is 83.6 Å². The van der Waals surface area contributed by atoms with Crippen molar-refractivity contribution in [3.8, 4) is 11.5 Å². The Balaban J connectivity index is 1.90. The molecule has 7 nitrogen and oxygen atoms in total. The van der Waals surface area contributed by atoms with Gasteiger partial charge < -0.3 is 20.1 Å². The summed E-state index contributed by atoms with van der Waals surface area (Å²) in [5, 5.41) is 13.7. The Morgan fingerprint density at radius 2 is 2.04 bits per heavy atom. The number of H-pyrrole nitrogens is 1. The van der Waals surface area contributed by atoms with Gasteiger partial charge in [-0.05, 0) is 44.4 Å². The second kappa shape index (κ2) is 10.3. The van der Waals surface area contributed by atoms with Crippen molar-refractivity contribution in [2.45, 2.75) is 33.2 Å². The number of methoxy groups -OCH3 is 2. The van der Waals surface area contributed by atoms with Crippen LogP contribution in [0.3, 0.4) is 0 Å². The number of nitrogens with one attached hydrogen (secondary N) is 3. The van der Waals surface area contributed by atoms with Gasteiger partial charge in [0.1, 0.15) is 11.5 Å². The first-order chi connectivity index (χ1) is 12.7. The van der Waals surface area contributed by atoms with E-state index in [2.05, 4.69) is 32.7 Å². The van der Waals surface area contributed by atoms with E-state index in [1.807, 2.05) is 31.3 Å². The number of ether oxygens (including phenoxy) is 2. The molecule has 0 bridgehead atoms. The van der Waals surface area contributed by atoms with Crippen LogP contribution in [0.4, 0.5) is 0 Å². The lowest BCUT2D eigenvalue weighted by atomic mass is 10.1. The minimum Gasteiger partial charge on any atom is -0.497 e. The molecule has 26 heavy (non-hydrogen) atoms. The van der Waals surface area contributed by atoms with E-state index in [0.29, 0.717) is 6.54 Å². The van der Waals surface area contributed by atoms with Gasteiger partial charge in [-0.2, -0.15) is 5.10 Å². The van der Waals surface area contributed by atoms with E-state index >= 15 is 0 Å². The second-order valence-corrected chi connectivity index (χ2v) is 5.92. The summed E-state index contributed by atoms with van der Waals surface area (Å²) < 4.78 is 10.7. The van der Waals surface area contributed by atoms with Crippen LogP contribution < -0.4 is 20.1 Å². The molecule has 0 aliphatic carbocycles. The molecule has 0 saturated carbocycles. The number of aliphatic imine (C=N–C) groups is 1. The van der Waals surface area contributed by atoms with E-state index in [0.717, 1.165) is 54.6 Å². The minimum absolute atomic E-state index is 0.531. The molecule has 0 atom stereocenters. The van der Waals surface area contributed by atoms with Crippen molar-refractivity contribution < 1.29 is 9.47 Å². The average molecular weight is 359 g/mol. The highest BCUT2D eigenvalue weighted by molar-refractivity contribution is 5.79. The Labute approximate surface area is 155 Å². The van der Waals surface area contributed by atoms with Gasteiger partial charge in [0, 0.05) is 30.4 Å². The van der Waals surface area contributed by atoms with Gasteiger partial charge in [0.2, 0.25) is 0 Å². The third-order valence-electron chi connectivity index (χ3n) is 4.10. The Bertz CT molecular complexity index is 712. The zero-order valence-electron chi connectivity index (χ0n) is 16.1. The number of aromatic amines is 1. The molecule has 142 valence electrons. The van der Waals surface area contributed by atoms with Gasteiger partial charge in [0.15, 0.2) is 5.96 Å². The SMILES string of the molecule is CCNC(=NCc1ccc(OC)cc1OC)NCCCc1cn[nH]c1C. The maximum atomic E-state index is 5.43. The summed E-state index contributed by atoms with van der Waals surface area (Å²) in [5.74, 6) is 2.35. The quantitative estimate of drug-likeness (QED) is 0.364. The smallest absolute Gasteiger partial charge is 0.191 e. The predicted molar refractivity (Wildman–Crippen MR) is 104 cm³/mol. The standard InChI is InChI=1S/C19H29N5O2/c1-5-20-19(21-10-6-7-15-13-23-24-14(15)2)22-12-16-8-9-17(25-3)11-18(16)26-4/h8-9,11,13H,5-7,10,12H2,1-4H3,(H,23,24)(H2,20,21,22). The Morgan fingerprint density at radius 3 is 2.69 bits per heavy atom. The molecule has 1 heterocycles. The van der Waals surface area contributed by atoms with Gasteiger partial charge in [0.25, 0.3) is 0 Å². The van der Waals surface area contributed by atoms with E-state index in [4.69, 9.17) is 9.47 Å². The summed E-state index contributed by atoms with van der Waals surface area (Å²) in [6.45, 7) is 6.29. The normalized spacial score (nSPS) is 11.3. The third-order valence-corrected chi connectivity index (χ3v) is 4.10. The molecule has 0 saturated heterocycles. The van der Waals surface area contributed by atoms with E-state index in [1.165, 1.54) is 5.56 Å². The van der Waals surface area contributed by atoms with Crippen LogP contribution in [0.2, 0.25) is 0 Å². The lowest BCUT2D eigenvalue weighted by molar-refractivity contribution is 0.391. The van der Waals surface area contributed by atoms with Gasteiger partial charge in [-0.15, -0.1) is 0 Å². The zero-order chi connectivity index (χ0) is 18.8. The van der Waals surface area contributed by atoms with Crippen molar-refractivity contribution in [3.63, 3.8) is 0 Å². The molecule has 0 aliphatic heterocycles. The summed E-state index contributed by atoms with van der Waals surface area (Å²) in [6, 6.07) is 5.77. The maximum Gasteiger partial charge on any atom is 0.191 e. The predicted octanol–water partition coefficient (Wildman–Crippen LogP) is 2.42. The number of aromatic nitrogens is 2.